The number of esters is 1. The zero-order valence-electron chi connectivity index (χ0n) is 9.93. The Morgan fingerprint density at radius 2 is 2.12 bits per heavy atom. The highest BCUT2D eigenvalue weighted by Gasteiger charge is 2.13. The van der Waals surface area contributed by atoms with Gasteiger partial charge in [0.1, 0.15) is 5.82 Å². The minimum Gasteiger partial charge on any atom is -0.465 e. The van der Waals surface area contributed by atoms with Crippen LogP contribution in [0.3, 0.4) is 0 Å². The fourth-order valence-electron chi connectivity index (χ4n) is 1.74. The van der Waals surface area contributed by atoms with Gasteiger partial charge in [0.15, 0.2) is 5.65 Å². The molecule has 0 aliphatic heterocycles. The van der Waals surface area contributed by atoms with Crippen molar-refractivity contribution >= 4 is 11.6 Å². The predicted molar refractivity (Wildman–Crippen MR) is 59.8 cm³/mol. The van der Waals surface area contributed by atoms with Crippen LogP contribution in [0.25, 0.3) is 5.65 Å². The molecule has 0 aromatic carbocycles. The monoisotopic (exact) mass is 235 g/mol. The Labute approximate surface area is 98.2 Å². The lowest BCUT2D eigenvalue weighted by molar-refractivity contribution is 0.0600. The largest absolute Gasteiger partial charge is 0.465 e. The highest BCUT2D eigenvalue weighted by molar-refractivity contribution is 5.90. The Bertz CT molecular complexity index is 562. The van der Waals surface area contributed by atoms with Crippen LogP contribution in [-0.2, 0) is 16.1 Å². The maximum Gasteiger partial charge on any atom is 0.338 e. The van der Waals surface area contributed by atoms with E-state index in [1.54, 1.807) is 19.2 Å². The van der Waals surface area contributed by atoms with Crippen molar-refractivity contribution < 1.29 is 14.3 Å². The minimum absolute atomic E-state index is 0.375. The summed E-state index contributed by atoms with van der Waals surface area (Å²) in [5.74, 6) is 0.356. The number of aromatic nitrogens is 3. The van der Waals surface area contributed by atoms with Gasteiger partial charge in [-0.25, -0.2) is 4.79 Å². The number of carbonyl (C=O) groups is 1. The SMILES string of the molecule is COCc1cc(C(=O)OC)cc2nnc(C)n12. The summed E-state index contributed by atoms with van der Waals surface area (Å²) in [7, 11) is 2.94. The summed E-state index contributed by atoms with van der Waals surface area (Å²) in [6.45, 7) is 2.22. The lowest BCUT2D eigenvalue weighted by Gasteiger charge is -2.07. The van der Waals surface area contributed by atoms with E-state index < -0.39 is 5.97 Å². The number of pyridine rings is 1. The molecule has 2 aromatic heterocycles. The summed E-state index contributed by atoms with van der Waals surface area (Å²) in [6.07, 6.45) is 0. The van der Waals surface area contributed by atoms with E-state index in [0.29, 0.717) is 17.8 Å². The molecule has 0 unspecified atom stereocenters. The van der Waals surface area contributed by atoms with Gasteiger partial charge in [-0.3, -0.25) is 4.40 Å². The Balaban J connectivity index is 2.64. The molecule has 90 valence electrons. The molecule has 0 atom stereocenters. The summed E-state index contributed by atoms with van der Waals surface area (Å²) >= 11 is 0. The van der Waals surface area contributed by atoms with E-state index in [0.717, 1.165) is 11.5 Å². The predicted octanol–water partition coefficient (Wildman–Crippen LogP) is 0.971. The number of methoxy groups -OCH3 is 2. The Hall–Kier alpha value is -1.95. The van der Waals surface area contributed by atoms with Gasteiger partial charge in [0, 0.05) is 7.11 Å². The lowest BCUT2D eigenvalue weighted by atomic mass is 10.2. The molecular weight excluding hydrogens is 222 g/mol. The lowest BCUT2D eigenvalue weighted by Crippen LogP contribution is -2.07. The van der Waals surface area contributed by atoms with Gasteiger partial charge in [-0.05, 0) is 19.1 Å². The zero-order valence-corrected chi connectivity index (χ0v) is 9.93. The van der Waals surface area contributed by atoms with E-state index in [4.69, 9.17) is 4.74 Å². The van der Waals surface area contributed by atoms with Crippen LogP contribution < -0.4 is 0 Å². The summed E-state index contributed by atoms with van der Waals surface area (Å²) in [5.41, 5.74) is 1.87. The van der Waals surface area contributed by atoms with Crippen LogP contribution in [0.2, 0.25) is 0 Å². The first-order valence-corrected chi connectivity index (χ1v) is 5.09. The second-order valence-electron chi connectivity index (χ2n) is 3.60. The molecule has 0 radical (unpaired) electrons. The van der Waals surface area contributed by atoms with Gasteiger partial charge >= 0.3 is 5.97 Å². The second-order valence-corrected chi connectivity index (χ2v) is 3.60. The molecule has 6 nitrogen and oxygen atoms in total. The number of carbonyl (C=O) groups excluding carboxylic acids is 1. The third-order valence-electron chi connectivity index (χ3n) is 2.46. The number of nitrogens with zero attached hydrogens (tertiary/aromatic N) is 3. The summed E-state index contributed by atoms with van der Waals surface area (Å²) in [4.78, 5) is 11.5. The fraction of sp³-hybridized carbons (Fsp3) is 0.364. The summed E-state index contributed by atoms with van der Waals surface area (Å²) in [6, 6.07) is 3.36. The highest BCUT2D eigenvalue weighted by Crippen LogP contribution is 2.14. The first-order chi connectivity index (χ1) is 8.17. The number of ether oxygens (including phenoxy) is 2. The van der Waals surface area contributed by atoms with Gasteiger partial charge in [-0.2, -0.15) is 0 Å². The molecule has 0 bridgehead atoms. The van der Waals surface area contributed by atoms with Crippen molar-refractivity contribution in [3.05, 3.63) is 29.2 Å². The molecule has 0 aliphatic rings. The van der Waals surface area contributed by atoms with Gasteiger partial charge in [0.25, 0.3) is 0 Å². The molecule has 17 heavy (non-hydrogen) atoms. The first-order valence-electron chi connectivity index (χ1n) is 5.09. The molecule has 0 spiro atoms. The van der Waals surface area contributed by atoms with Crippen LogP contribution in [0.15, 0.2) is 12.1 Å². The van der Waals surface area contributed by atoms with E-state index in [2.05, 4.69) is 14.9 Å². The molecule has 0 N–H and O–H groups in total. The minimum atomic E-state index is -0.398. The average molecular weight is 235 g/mol. The van der Waals surface area contributed by atoms with Crippen LogP contribution >= 0.6 is 0 Å². The highest BCUT2D eigenvalue weighted by atomic mass is 16.5. The number of rotatable bonds is 3. The molecule has 2 rings (SSSR count). The van der Waals surface area contributed by atoms with Crippen LogP contribution in [0.5, 0.6) is 0 Å². The number of hydrogen-bond donors (Lipinski definition) is 0. The van der Waals surface area contributed by atoms with E-state index in [1.165, 1.54) is 7.11 Å². The normalized spacial score (nSPS) is 10.8. The molecular formula is C11H13N3O3. The fourth-order valence-corrected chi connectivity index (χ4v) is 1.74. The second kappa shape index (κ2) is 4.50. The molecule has 0 fully saturated rings. The molecule has 6 heteroatoms. The van der Waals surface area contributed by atoms with Crippen molar-refractivity contribution in [3.63, 3.8) is 0 Å². The van der Waals surface area contributed by atoms with E-state index in [1.807, 2.05) is 11.3 Å². The molecule has 0 saturated carbocycles. The van der Waals surface area contributed by atoms with Gasteiger partial charge < -0.3 is 9.47 Å². The van der Waals surface area contributed by atoms with Crippen LogP contribution in [0.1, 0.15) is 21.9 Å². The number of fused-ring (bicyclic) bond motifs is 1. The average Bonchev–Trinajstić information content (AvgIpc) is 2.70. The van der Waals surface area contributed by atoms with Gasteiger partial charge in [0.05, 0.1) is 25.0 Å². The van der Waals surface area contributed by atoms with Crippen LogP contribution in [-0.4, -0.2) is 34.8 Å². The van der Waals surface area contributed by atoms with Crippen molar-refractivity contribution in [2.75, 3.05) is 14.2 Å². The molecule has 0 aliphatic carbocycles. The number of hydrogen-bond acceptors (Lipinski definition) is 5. The van der Waals surface area contributed by atoms with E-state index in [-0.39, 0.29) is 0 Å². The van der Waals surface area contributed by atoms with Crippen molar-refractivity contribution in [1.82, 2.24) is 14.6 Å². The zero-order chi connectivity index (χ0) is 12.4. The van der Waals surface area contributed by atoms with Crippen molar-refractivity contribution in [2.24, 2.45) is 0 Å². The maximum absolute atomic E-state index is 11.5. The smallest absolute Gasteiger partial charge is 0.338 e. The van der Waals surface area contributed by atoms with Crippen molar-refractivity contribution in [3.8, 4) is 0 Å². The van der Waals surface area contributed by atoms with Crippen LogP contribution in [0.4, 0.5) is 0 Å². The maximum atomic E-state index is 11.5. The van der Waals surface area contributed by atoms with E-state index >= 15 is 0 Å². The van der Waals surface area contributed by atoms with Gasteiger partial charge in [0.2, 0.25) is 0 Å². The van der Waals surface area contributed by atoms with E-state index in [9.17, 15) is 4.79 Å². The Morgan fingerprint density at radius 3 is 2.76 bits per heavy atom. The molecule has 2 heterocycles. The quantitative estimate of drug-likeness (QED) is 0.742. The third-order valence-corrected chi connectivity index (χ3v) is 2.46. The number of aryl methyl sites for hydroxylation is 1. The molecule has 0 saturated heterocycles. The van der Waals surface area contributed by atoms with Gasteiger partial charge in [-0.15, -0.1) is 10.2 Å². The van der Waals surface area contributed by atoms with Crippen LogP contribution in [0, 0.1) is 6.92 Å². The summed E-state index contributed by atoms with van der Waals surface area (Å²) in [5, 5.41) is 7.96. The standard InChI is InChI=1S/C11H13N3O3/c1-7-12-13-10-5-8(11(15)17-3)4-9(6-16-2)14(7)10/h4-5H,6H2,1-3H3. The third kappa shape index (κ3) is 1.99. The summed E-state index contributed by atoms with van der Waals surface area (Å²) < 4.78 is 11.6. The van der Waals surface area contributed by atoms with Crippen molar-refractivity contribution in [1.29, 1.82) is 0 Å². The Morgan fingerprint density at radius 1 is 1.35 bits per heavy atom. The van der Waals surface area contributed by atoms with Gasteiger partial charge in [-0.1, -0.05) is 0 Å². The molecule has 2 aromatic rings. The molecule has 0 amide bonds. The first kappa shape index (κ1) is 11.5. The topological polar surface area (TPSA) is 65.7 Å². The Kier molecular flexibility index (Phi) is 3.06. The van der Waals surface area contributed by atoms with Crippen molar-refractivity contribution in [2.45, 2.75) is 13.5 Å².